The molecule has 0 spiro atoms. The Labute approximate surface area is 117 Å². The van der Waals surface area contributed by atoms with E-state index in [0.29, 0.717) is 0 Å². The highest BCUT2D eigenvalue weighted by molar-refractivity contribution is 7.25. The molecule has 0 aliphatic rings. The number of hydrogen-bond acceptors (Lipinski definition) is 3. The van der Waals surface area contributed by atoms with Gasteiger partial charge in [-0.15, -0.1) is 11.3 Å². The molecule has 0 fully saturated rings. The Hall–Kier alpha value is -2.46. The highest BCUT2D eigenvalue weighted by Crippen LogP contribution is 2.35. The summed E-state index contributed by atoms with van der Waals surface area (Å²) in [6.45, 7) is 0. The summed E-state index contributed by atoms with van der Waals surface area (Å²) in [6.07, 6.45) is 1.87. The summed E-state index contributed by atoms with van der Waals surface area (Å²) in [5.41, 5.74) is 2.08. The molecule has 3 nitrogen and oxygen atoms in total. The Balaban J connectivity index is 2.08. The van der Waals surface area contributed by atoms with Crippen molar-refractivity contribution < 1.29 is 0 Å². The first kappa shape index (κ1) is 10.3. The molecule has 3 aromatic heterocycles. The minimum atomic E-state index is 1.03. The third kappa shape index (κ3) is 1.24. The van der Waals surface area contributed by atoms with E-state index in [1.807, 2.05) is 12.3 Å². The summed E-state index contributed by atoms with van der Waals surface area (Å²) < 4.78 is 1.29. The molecule has 5 aromatic rings. The van der Waals surface area contributed by atoms with Gasteiger partial charge in [0.25, 0.3) is 0 Å². The number of thiophene rings is 1. The van der Waals surface area contributed by atoms with Crippen LogP contribution in [0, 0.1) is 0 Å². The largest absolute Gasteiger partial charge is 0.278 e. The number of nitrogens with one attached hydrogen (secondary N) is 1. The van der Waals surface area contributed by atoms with E-state index in [-0.39, 0.29) is 0 Å². The molecule has 5 rings (SSSR count). The topological polar surface area (TPSA) is 41.6 Å². The van der Waals surface area contributed by atoms with E-state index in [4.69, 9.17) is 4.98 Å². The number of fused-ring (bicyclic) bond motifs is 6. The molecule has 1 N–H and O–H groups in total. The average molecular weight is 275 g/mol. The van der Waals surface area contributed by atoms with E-state index >= 15 is 0 Å². The molecule has 0 aliphatic heterocycles. The summed E-state index contributed by atoms with van der Waals surface area (Å²) in [5, 5.41) is 11.9. The number of benzene rings is 2. The highest BCUT2D eigenvalue weighted by atomic mass is 32.1. The van der Waals surface area contributed by atoms with Crippen molar-refractivity contribution in [3.8, 4) is 0 Å². The number of H-pyrrole nitrogens is 1. The van der Waals surface area contributed by atoms with Crippen LogP contribution in [0.4, 0.5) is 0 Å². The first-order chi connectivity index (χ1) is 9.90. The molecule has 0 bridgehead atoms. The van der Waals surface area contributed by atoms with Crippen molar-refractivity contribution in [2.45, 2.75) is 0 Å². The number of nitrogens with zero attached hydrogens (tertiary/aromatic N) is 2. The van der Waals surface area contributed by atoms with Gasteiger partial charge in [-0.3, -0.25) is 5.10 Å². The van der Waals surface area contributed by atoms with Crippen LogP contribution in [-0.2, 0) is 0 Å². The zero-order chi connectivity index (χ0) is 13.1. The van der Waals surface area contributed by atoms with Gasteiger partial charge in [0.15, 0.2) is 0 Å². The van der Waals surface area contributed by atoms with Crippen LogP contribution in [0.15, 0.2) is 48.7 Å². The average Bonchev–Trinajstić information content (AvgIpc) is 3.09. The van der Waals surface area contributed by atoms with E-state index < -0.39 is 0 Å². The second-order valence-corrected chi connectivity index (χ2v) is 5.93. The van der Waals surface area contributed by atoms with Gasteiger partial charge in [-0.25, -0.2) is 4.98 Å². The first-order valence-corrected chi connectivity index (χ1v) is 7.26. The standard InChI is InChI=1S/C16H9N3S/c1-2-4-15-9(3-1)11-7-10-12-8-17-19-14(12)6-5-13(10)18-16(11)20-15/h1-8H,(H,17,19). The zero-order valence-electron chi connectivity index (χ0n) is 10.4. The SMILES string of the molecule is c1ccc2c(c1)sc1nc3ccc4[nH]ncc4c3cc12. The Morgan fingerprint density at radius 2 is 1.85 bits per heavy atom. The number of pyridine rings is 1. The maximum Gasteiger partial charge on any atom is 0.125 e. The van der Waals surface area contributed by atoms with Crippen molar-refractivity contribution in [2.24, 2.45) is 0 Å². The van der Waals surface area contributed by atoms with E-state index in [9.17, 15) is 0 Å². The smallest absolute Gasteiger partial charge is 0.125 e. The first-order valence-electron chi connectivity index (χ1n) is 6.44. The predicted molar refractivity (Wildman–Crippen MR) is 84.3 cm³/mol. The summed E-state index contributed by atoms with van der Waals surface area (Å²) in [5.74, 6) is 0. The van der Waals surface area contributed by atoms with Gasteiger partial charge in [0.2, 0.25) is 0 Å². The third-order valence-electron chi connectivity index (χ3n) is 3.77. The minimum absolute atomic E-state index is 1.03. The molecule has 0 amide bonds. The lowest BCUT2D eigenvalue weighted by atomic mass is 10.1. The fourth-order valence-corrected chi connectivity index (χ4v) is 3.87. The van der Waals surface area contributed by atoms with Crippen LogP contribution in [0.1, 0.15) is 0 Å². The molecule has 2 aromatic carbocycles. The monoisotopic (exact) mass is 275 g/mol. The van der Waals surface area contributed by atoms with Crippen LogP contribution in [0.2, 0.25) is 0 Å². The van der Waals surface area contributed by atoms with E-state index in [1.54, 1.807) is 11.3 Å². The van der Waals surface area contributed by atoms with Gasteiger partial charge in [0.1, 0.15) is 4.83 Å². The molecule has 0 saturated heterocycles. The fourth-order valence-electron chi connectivity index (χ4n) is 2.81. The molecule has 3 heterocycles. The van der Waals surface area contributed by atoms with Gasteiger partial charge in [0, 0.05) is 26.2 Å². The number of aromatic amines is 1. The zero-order valence-corrected chi connectivity index (χ0v) is 11.2. The van der Waals surface area contributed by atoms with Crippen LogP contribution in [0.25, 0.3) is 42.1 Å². The fraction of sp³-hybridized carbons (Fsp3) is 0. The second kappa shape index (κ2) is 3.55. The molecule has 0 atom stereocenters. The Kier molecular flexibility index (Phi) is 1.84. The predicted octanol–water partition coefficient (Wildman–Crippen LogP) is 4.48. The van der Waals surface area contributed by atoms with Crippen LogP contribution in [0.5, 0.6) is 0 Å². The highest BCUT2D eigenvalue weighted by Gasteiger charge is 2.09. The van der Waals surface area contributed by atoms with E-state index in [0.717, 1.165) is 26.6 Å². The molecule has 4 heteroatoms. The van der Waals surface area contributed by atoms with Crippen LogP contribution in [0.3, 0.4) is 0 Å². The minimum Gasteiger partial charge on any atom is -0.278 e. The van der Waals surface area contributed by atoms with E-state index in [2.05, 4.69) is 46.6 Å². The van der Waals surface area contributed by atoms with Crippen LogP contribution < -0.4 is 0 Å². The summed E-state index contributed by atoms with van der Waals surface area (Å²) in [7, 11) is 0. The van der Waals surface area contributed by atoms with Crippen molar-refractivity contribution in [2.75, 3.05) is 0 Å². The van der Waals surface area contributed by atoms with Crippen molar-refractivity contribution >= 4 is 53.4 Å². The van der Waals surface area contributed by atoms with Gasteiger partial charge in [-0.05, 0) is 24.3 Å². The molecule has 20 heavy (non-hydrogen) atoms. The maximum atomic E-state index is 4.82. The lowest BCUT2D eigenvalue weighted by Crippen LogP contribution is -1.80. The summed E-state index contributed by atoms with van der Waals surface area (Å²) in [6, 6.07) is 14.8. The van der Waals surface area contributed by atoms with Crippen molar-refractivity contribution in [1.82, 2.24) is 15.2 Å². The number of rotatable bonds is 0. The van der Waals surface area contributed by atoms with Crippen molar-refractivity contribution in [3.63, 3.8) is 0 Å². The van der Waals surface area contributed by atoms with Crippen molar-refractivity contribution in [1.29, 1.82) is 0 Å². The van der Waals surface area contributed by atoms with Gasteiger partial charge in [-0.1, -0.05) is 18.2 Å². The molecule has 0 aliphatic carbocycles. The normalized spacial score (nSPS) is 12.0. The van der Waals surface area contributed by atoms with Crippen molar-refractivity contribution in [3.05, 3.63) is 48.7 Å². The van der Waals surface area contributed by atoms with Gasteiger partial charge < -0.3 is 0 Å². The Bertz CT molecular complexity index is 1100. The molecule has 0 saturated carbocycles. The Morgan fingerprint density at radius 1 is 0.900 bits per heavy atom. The third-order valence-corrected chi connectivity index (χ3v) is 4.85. The van der Waals surface area contributed by atoms with Crippen LogP contribution >= 0.6 is 11.3 Å². The molecule has 0 radical (unpaired) electrons. The van der Waals surface area contributed by atoms with Gasteiger partial charge in [0.05, 0.1) is 17.2 Å². The molecular formula is C16H9N3S. The second-order valence-electron chi connectivity index (χ2n) is 4.90. The Morgan fingerprint density at radius 3 is 2.85 bits per heavy atom. The van der Waals surface area contributed by atoms with E-state index in [1.165, 1.54) is 15.5 Å². The lowest BCUT2D eigenvalue weighted by Gasteiger charge is -1.99. The summed E-state index contributed by atoms with van der Waals surface area (Å²) >= 11 is 1.75. The molecular weight excluding hydrogens is 266 g/mol. The molecule has 94 valence electrons. The summed E-state index contributed by atoms with van der Waals surface area (Å²) in [4.78, 5) is 5.92. The van der Waals surface area contributed by atoms with Gasteiger partial charge in [-0.2, -0.15) is 5.10 Å². The number of aromatic nitrogens is 3. The van der Waals surface area contributed by atoms with Gasteiger partial charge >= 0.3 is 0 Å². The lowest BCUT2D eigenvalue weighted by molar-refractivity contribution is 1.12. The number of hydrogen-bond donors (Lipinski definition) is 1. The quantitative estimate of drug-likeness (QED) is 0.453. The maximum absolute atomic E-state index is 4.82. The molecule has 0 unspecified atom stereocenters. The van der Waals surface area contributed by atoms with Crippen LogP contribution in [-0.4, -0.2) is 15.2 Å².